The molecule has 2 unspecified atom stereocenters. The second-order valence-corrected chi connectivity index (χ2v) is 12.6. The Labute approximate surface area is 200 Å². The lowest BCUT2D eigenvalue weighted by Gasteiger charge is -2.29. The second-order valence-electron chi connectivity index (χ2n) is 8.66. The van der Waals surface area contributed by atoms with E-state index in [2.05, 4.69) is 0 Å². The third-order valence-electron chi connectivity index (χ3n) is 6.79. The van der Waals surface area contributed by atoms with Crippen molar-refractivity contribution in [2.45, 2.75) is 34.9 Å². The number of hydrogen-bond donors (Lipinski definition) is 0. The first-order valence-electron chi connectivity index (χ1n) is 10.6. The van der Waals surface area contributed by atoms with Gasteiger partial charge in [0.1, 0.15) is 0 Å². The van der Waals surface area contributed by atoms with Gasteiger partial charge in [0.05, 0.1) is 15.4 Å². The van der Waals surface area contributed by atoms with Crippen LogP contribution in [0.4, 0.5) is 18.9 Å². The maximum absolute atomic E-state index is 13.2. The number of alkyl halides is 3. The number of sulfonamides is 2. The normalized spacial score (nSPS) is 23.5. The minimum Gasteiger partial charge on any atom is -0.258 e. The van der Waals surface area contributed by atoms with Gasteiger partial charge in [-0.2, -0.15) is 21.8 Å². The van der Waals surface area contributed by atoms with Crippen LogP contribution in [0.15, 0.2) is 58.3 Å². The molecule has 1 saturated heterocycles. The largest absolute Gasteiger partial charge is 0.416 e. The summed E-state index contributed by atoms with van der Waals surface area (Å²) in [4.78, 5) is 9.86. The average molecular weight is 534 g/mol. The summed E-state index contributed by atoms with van der Waals surface area (Å²) in [6.45, 7) is 0.110. The van der Waals surface area contributed by atoms with E-state index in [1.165, 1.54) is 23.5 Å². The van der Waals surface area contributed by atoms with Crippen molar-refractivity contribution in [3.05, 3.63) is 64.2 Å². The molecule has 2 aliphatic rings. The summed E-state index contributed by atoms with van der Waals surface area (Å²) in [6.07, 6.45) is -3.59. The fourth-order valence-electron chi connectivity index (χ4n) is 4.97. The fourth-order valence-corrected chi connectivity index (χ4v) is 8.09. The van der Waals surface area contributed by atoms with Gasteiger partial charge >= 0.3 is 6.18 Å². The lowest BCUT2D eigenvalue weighted by atomic mass is 9.98. The maximum Gasteiger partial charge on any atom is 0.416 e. The highest BCUT2D eigenvalue weighted by molar-refractivity contribution is 7.89. The Balaban J connectivity index is 1.56. The van der Waals surface area contributed by atoms with Crippen LogP contribution in [0.25, 0.3) is 0 Å². The van der Waals surface area contributed by atoms with Gasteiger partial charge in [0.15, 0.2) is 4.90 Å². The molecule has 3 atom stereocenters. The average Bonchev–Trinajstić information content (AvgIpc) is 3.39. The molecule has 14 heteroatoms. The van der Waals surface area contributed by atoms with Gasteiger partial charge in [-0.25, -0.2) is 16.8 Å². The Kier molecular flexibility index (Phi) is 6.45. The van der Waals surface area contributed by atoms with Crippen molar-refractivity contribution in [2.75, 3.05) is 20.1 Å². The molecule has 0 spiro atoms. The van der Waals surface area contributed by atoms with Crippen LogP contribution < -0.4 is 0 Å². The van der Waals surface area contributed by atoms with Gasteiger partial charge in [-0.15, -0.1) is 0 Å². The smallest absolute Gasteiger partial charge is 0.258 e. The number of fused-ring (bicyclic) bond motifs is 1. The van der Waals surface area contributed by atoms with Gasteiger partial charge in [-0.3, -0.25) is 10.1 Å². The molecule has 35 heavy (non-hydrogen) atoms. The van der Waals surface area contributed by atoms with E-state index in [0.717, 1.165) is 28.6 Å². The molecule has 0 N–H and O–H groups in total. The zero-order valence-corrected chi connectivity index (χ0v) is 20.1. The third kappa shape index (κ3) is 4.55. The number of benzene rings is 2. The molecule has 0 radical (unpaired) electrons. The number of nitro groups is 1. The number of hydrogen-bond acceptors (Lipinski definition) is 6. The molecular weight excluding hydrogens is 511 g/mol. The molecule has 2 fully saturated rings. The summed E-state index contributed by atoms with van der Waals surface area (Å²) >= 11 is 0. The van der Waals surface area contributed by atoms with Crippen molar-refractivity contribution >= 4 is 25.7 Å². The highest BCUT2D eigenvalue weighted by Crippen LogP contribution is 2.44. The zero-order valence-electron chi connectivity index (χ0n) is 18.4. The summed E-state index contributed by atoms with van der Waals surface area (Å²) in [5, 5.41) is 11.3. The molecule has 0 amide bonds. The second kappa shape index (κ2) is 8.84. The quantitative estimate of drug-likeness (QED) is 0.415. The van der Waals surface area contributed by atoms with Gasteiger partial charge in [0.25, 0.3) is 5.69 Å². The van der Waals surface area contributed by atoms with E-state index < -0.39 is 53.3 Å². The van der Waals surface area contributed by atoms with Crippen LogP contribution in [0.3, 0.4) is 0 Å². The lowest BCUT2D eigenvalue weighted by Crippen LogP contribution is -2.42. The van der Waals surface area contributed by atoms with Gasteiger partial charge in [-0.1, -0.05) is 12.1 Å². The van der Waals surface area contributed by atoms with Crippen LogP contribution in [0.1, 0.15) is 18.4 Å². The van der Waals surface area contributed by atoms with Crippen LogP contribution in [-0.4, -0.2) is 56.5 Å². The Bertz CT molecular complexity index is 1350. The number of nitrogens with zero attached hydrogens (tertiary/aromatic N) is 3. The Morgan fingerprint density at radius 1 is 1.00 bits per heavy atom. The van der Waals surface area contributed by atoms with E-state index in [1.807, 2.05) is 0 Å². The van der Waals surface area contributed by atoms with Gasteiger partial charge < -0.3 is 0 Å². The summed E-state index contributed by atoms with van der Waals surface area (Å²) in [5.74, 6) is -0.505. The first-order valence-corrected chi connectivity index (χ1v) is 13.5. The van der Waals surface area contributed by atoms with Crippen LogP contribution in [0.5, 0.6) is 0 Å². The maximum atomic E-state index is 13.2. The van der Waals surface area contributed by atoms with Crippen LogP contribution in [0.2, 0.25) is 0 Å². The van der Waals surface area contributed by atoms with E-state index in [1.54, 1.807) is 0 Å². The topological polar surface area (TPSA) is 118 Å². The highest BCUT2D eigenvalue weighted by Gasteiger charge is 2.50. The molecule has 0 bridgehead atoms. The Morgan fingerprint density at radius 2 is 1.63 bits per heavy atom. The minimum atomic E-state index is -4.59. The Morgan fingerprint density at radius 3 is 2.23 bits per heavy atom. The monoisotopic (exact) mass is 533 g/mol. The van der Waals surface area contributed by atoms with Gasteiger partial charge in [0, 0.05) is 32.2 Å². The van der Waals surface area contributed by atoms with Crippen molar-refractivity contribution in [1.29, 1.82) is 0 Å². The SMILES string of the molecule is CN(C1CC[C@@H]2CN(S(=O)(=O)c3ccc(C(F)(F)F)cc3)CC12)S(=O)(=O)c1ccccc1[N+](=O)[O-]. The van der Waals surface area contributed by atoms with Crippen molar-refractivity contribution in [3.63, 3.8) is 0 Å². The number of rotatable bonds is 6. The van der Waals surface area contributed by atoms with Gasteiger partial charge in [0.2, 0.25) is 20.0 Å². The van der Waals surface area contributed by atoms with E-state index in [-0.39, 0.29) is 29.8 Å². The third-order valence-corrected chi connectivity index (χ3v) is 10.6. The molecule has 2 aromatic rings. The molecule has 4 rings (SSSR count). The fraction of sp³-hybridized carbons (Fsp3) is 0.429. The summed E-state index contributed by atoms with van der Waals surface area (Å²) < 4.78 is 93.4. The molecule has 9 nitrogen and oxygen atoms in total. The summed E-state index contributed by atoms with van der Waals surface area (Å²) in [6, 6.07) is 7.67. The molecule has 2 aromatic carbocycles. The van der Waals surface area contributed by atoms with Crippen LogP contribution in [0, 0.1) is 22.0 Å². The first-order chi connectivity index (χ1) is 16.2. The van der Waals surface area contributed by atoms with Gasteiger partial charge in [-0.05, 0) is 55.0 Å². The van der Waals surface area contributed by atoms with Crippen molar-refractivity contribution in [3.8, 4) is 0 Å². The van der Waals surface area contributed by atoms with Crippen LogP contribution >= 0.6 is 0 Å². The first kappa shape index (κ1) is 25.5. The minimum absolute atomic E-state index is 0.00453. The molecule has 1 aliphatic carbocycles. The number of para-hydroxylation sites is 1. The molecule has 1 heterocycles. The van der Waals surface area contributed by atoms with Crippen molar-refractivity contribution in [2.24, 2.45) is 11.8 Å². The molecular formula is C21H22F3N3O6S2. The summed E-state index contributed by atoms with van der Waals surface area (Å²) in [7, 11) is -7.01. The van der Waals surface area contributed by atoms with Crippen molar-refractivity contribution in [1.82, 2.24) is 8.61 Å². The predicted molar refractivity (Wildman–Crippen MR) is 118 cm³/mol. The molecule has 1 saturated carbocycles. The predicted octanol–water partition coefficient (Wildman–Crippen LogP) is 3.33. The van der Waals surface area contributed by atoms with E-state index in [9.17, 15) is 40.1 Å². The lowest BCUT2D eigenvalue weighted by molar-refractivity contribution is -0.387. The molecule has 0 aromatic heterocycles. The summed E-state index contributed by atoms with van der Waals surface area (Å²) in [5.41, 5.74) is -1.51. The molecule has 190 valence electrons. The molecule has 1 aliphatic heterocycles. The van der Waals surface area contributed by atoms with E-state index >= 15 is 0 Å². The highest BCUT2D eigenvalue weighted by atomic mass is 32.2. The zero-order chi connectivity index (χ0) is 25.8. The Hall–Kier alpha value is -2.55. The number of nitro benzene ring substituents is 1. The van der Waals surface area contributed by atoms with E-state index in [0.29, 0.717) is 25.0 Å². The number of halogens is 3. The van der Waals surface area contributed by atoms with Crippen LogP contribution in [-0.2, 0) is 26.2 Å². The van der Waals surface area contributed by atoms with Crippen molar-refractivity contribution < 1.29 is 34.9 Å². The standard InChI is InChI=1S/C21H22F3N3O6S2/c1-25(35(32,33)20-5-3-2-4-19(20)27(28)29)18-11-6-14-12-26(13-17(14)18)34(30,31)16-9-7-15(8-10-16)21(22,23)24/h2-5,7-10,14,17-18H,6,11-13H2,1H3/t14-,17?,18?/m1/s1. The van der Waals surface area contributed by atoms with E-state index in [4.69, 9.17) is 0 Å².